The Kier molecular flexibility index (Phi) is 74.8. The van der Waals surface area contributed by atoms with E-state index in [0.717, 1.165) is 38.5 Å². The highest BCUT2D eigenvalue weighted by Crippen LogP contribution is 2.43. The number of hydrogen-bond acceptors (Lipinski definition) is 5. The first-order valence-electron chi connectivity index (χ1n) is 42.6. The van der Waals surface area contributed by atoms with Gasteiger partial charge in [0.2, 0.25) is 5.91 Å². The van der Waals surface area contributed by atoms with Crippen LogP contribution in [0, 0.1) is 0 Å². The zero-order valence-corrected chi connectivity index (χ0v) is 65.0. The standard InChI is InChI=1S/C84H169N2O6P/c1-6-8-10-12-14-16-18-20-22-24-26-28-30-32-34-36-38-39-40-41-42-43-44-45-46-47-48-50-52-54-56-58-60-62-64-66-68-70-72-74-76-78-84(88)85-82(81-92-93(89,90)91-80-79-86(3,4)5)83(87)77-75-73-71-69-67-65-63-61-59-57-55-53-51-49-37-35-33-31-29-27-25-23-21-19-17-15-13-11-9-7-2/h24,26,82-83,87H,6-23,25,27-81H2,1-5H3,(H-,85,88,89,90)/p+1/b26-24-. The maximum atomic E-state index is 13.1. The van der Waals surface area contributed by atoms with Crippen LogP contribution in [0.1, 0.15) is 470 Å². The Balaban J connectivity index is 3.84. The first-order valence-corrected chi connectivity index (χ1v) is 44.0. The van der Waals surface area contributed by atoms with E-state index in [2.05, 4.69) is 31.3 Å². The summed E-state index contributed by atoms with van der Waals surface area (Å²) < 4.78 is 24.0. The number of allylic oxidation sites excluding steroid dienone is 2. The van der Waals surface area contributed by atoms with E-state index < -0.39 is 20.0 Å². The van der Waals surface area contributed by atoms with E-state index in [1.165, 1.54) is 405 Å². The molecule has 0 bridgehead atoms. The van der Waals surface area contributed by atoms with Crippen molar-refractivity contribution in [1.82, 2.24) is 5.32 Å². The number of amides is 1. The Morgan fingerprint density at radius 3 is 0.828 bits per heavy atom. The molecule has 0 rings (SSSR count). The van der Waals surface area contributed by atoms with Crippen molar-refractivity contribution in [3.63, 3.8) is 0 Å². The van der Waals surface area contributed by atoms with E-state index in [-0.39, 0.29) is 19.1 Å². The fourth-order valence-corrected chi connectivity index (χ4v) is 14.4. The van der Waals surface area contributed by atoms with Crippen LogP contribution in [-0.4, -0.2) is 73.4 Å². The molecule has 0 radical (unpaired) electrons. The maximum absolute atomic E-state index is 13.1. The molecule has 0 aliphatic carbocycles. The van der Waals surface area contributed by atoms with Gasteiger partial charge in [-0.3, -0.25) is 13.8 Å². The third kappa shape index (κ3) is 78.5. The van der Waals surface area contributed by atoms with Gasteiger partial charge in [-0.25, -0.2) is 4.57 Å². The molecule has 0 saturated carbocycles. The number of carbonyl (C=O) groups is 1. The van der Waals surface area contributed by atoms with Crippen molar-refractivity contribution in [3.05, 3.63) is 12.2 Å². The van der Waals surface area contributed by atoms with Crippen LogP contribution in [0.5, 0.6) is 0 Å². The van der Waals surface area contributed by atoms with Crippen LogP contribution in [0.4, 0.5) is 0 Å². The molecule has 0 fully saturated rings. The van der Waals surface area contributed by atoms with E-state index in [4.69, 9.17) is 9.05 Å². The molecule has 1 amide bonds. The van der Waals surface area contributed by atoms with Crippen LogP contribution < -0.4 is 5.32 Å². The Bertz CT molecular complexity index is 1520. The second-order valence-electron chi connectivity index (χ2n) is 30.9. The van der Waals surface area contributed by atoms with Crippen molar-refractivity contribution in [3.8, 4) is 0 Å². The highest BCUT2D eigenvalue weighted by atomic mass is 31.2. The minimum Gasteiger partial charge on any atom is -0.391 e. The third-order valence-electron chi connectivity index (χ3n) is 20.3. The molecule has 0 aromatic carbocycles. The number of nitrogens with zero attached hydrogens (tertiary/aromatic N) is 1. The van der Waals surface area contributed by atoms with Crippen molar-refractivity contribution in [2.75, 3.05) is 40.9 Å². The monoisotopic (exact) mass is 1330 g/mol. The van der Waals surface area contributed by atoms with E-state index in [1.54, 1.807) is 0 Å². The average Bonchev–Trinajstić information content (AvgIpc) is 2.75. The number of rotatable bonds is 81. The van der Waals surface area contributed by atoms with Gasteiger partial charge >= 0.3 is 7.82 Å². The summed E-state index contributed by atoms with van der Waals surface area (Å²) in [6.45, 7) is 4.97. The number of hydrogen-bond donors (Lipinski definition) is 3. The van der Waals surface area contributed by atoms with Gasteiger partial charge < -0.3 is 19.8 Å². The summed E-state index contributed by atoms with van der Waals surface area (Å²) in [5.41, 5.74) is 0. The number of quaternary nitrogens is 1. The smallest absolute Gasteiger partial charge is 0.391 e. The Morgan fingerprint density at radius 1 is 0.355 bits per heavy atom. The number of unbranched alkanes of at least 4 members (excludes halogenated alkanes) is 66. The molecule has 3 N–H and O–H groups in total. The van der Waals surface area contributed by atoms with E-state index in [9.17, 15) is 19.4 Å². The third-order valence-corrected chi connectivity index (χ3v) is 21.2. The lowest BCUT2D eigenvalue weighted by Gasteiger charge is -2.26. The van der Waals surface area contributed by atoms with Crippen molar-refractivity contribution < 1.29 is 32.9 Å². The van der Waals surface area contributed by atoms with Gasteiger partial charge in [-0.05, 0) is 38.5 Å². The number of carbonyl (C=O) groups excluding carboxylic acids is 1. The summed E-state index contributed by atoms with van der Waals surface area (Å²) in [4.78, 5) is 23.6. The van der Waals surface area contributed by atoms with Gasteiger partial charge in [-0.2, -0.15) is 0 Å². The number of aliphatic hydroxyl groups excluding tert-OH is 1. The molecule has 0 heterocycles. The number of nitrogens with one attached hydrogen (secondary N) is 1. The summed E-state index contributed by atoms with van der Waals surface area (Å²) >= 11 is 0. The quantitative estimate of drug-likeness (QED) is 0.0243. The largest absolute Gasteiger partial charge is 0.472 e. The second kappa shape index (κ2) is 75.4. The minimum absolute atomic E-state index is 0.0791. The maximum Gasteiger partial charge on any atom is 0.472 e. The predicted octanol–water partition coefficient (Wildman–Crippen LogP) is 28.0. The Hall–Kier alpha value is -0.760. The zero-order valence-electron chi connectivity index (χ0n) is 64.1. The summed E-state index contributed by atoms with van der Waals surface area (Å²) in [5, 5.41) is 14.2. The Labute approximate surface area is 583 Å². The number of phosphoric acid groups is 1. The zero-order chi connectivity index (χ0) is 67.6. The highest BCUT2D eigenvalue weighted by Gasteiger charge is 2.28. The molecular weight excluding hydrogens is 1160 g/mol. The Morgan fingerprint density at radius 2 is 0.581 bits per heavy atom. The molecule has 93 heavy (non-hydrogen) atoms. The van der Waals surface area contributed by atoms with Gasteiger partial charge in [-0.15, -0.1) is 0 Å². The molecule has 0 aliphatic rings. The first-order chi connectivity index (χ1) is 45.5. The van der Waals surface area contributed by atoms with Crippen LogP contribution in [0.15, 0.2) is 12.2 Å². The number of phosphoric ester groups is 1. The molecule has 0 saturated heterocycles. The lowest BCUT2D eigenvalue weighted by atomic mass is 10.0. The van der Waals surface area contributed by atoms with Crippen molar-refractivity contribution in [2.24, 2.45) is 0 Å². The second-order valence-corrected chi connectivity index (χ2v) is 32.4. The molecule has 3 unspecified atom stereocenters. The normalized spacial score (nSPS) is 13.4. The molecule has 0 spiro atoms. The predicted molar refractivity (Wildman–Crippen MR) is 411 cm³/mol. The van der Waals surface area contributed by atoms with E-state index in [0.29, 0.717) is 23.9 Å². The summed E-state index contributed by atoms with van der Waals surface area (Å²) in [7, 11) is 1.65. The summed E-state index contributed by atoms with van der Waals surface area (Å²) in [6.07, 6.45) is 99.7. The van der Waals surface area contributed by atoms with Crippen molar-refractivity contribution in [1.29, 1.82) is 0 Å². The molecule has 9 heteroatoms. The van der Waals surface area contributed by atoms with Gasteiger partial charge in [0.1, 0.15) is 13.2 Å². The fraction of sp³-hybridized carbons (Fsp3) is 0.964. The van der Waals surface area contributed by atoms with E-state index in [1.807, 2.05) is 21.1 Å². The molecule has 556 valence electrons. The number of likely N-dealkylation sites (N-methyl/N-ethyl adjacent to an activating group) is 1. The highest BCUT2D eigenvalue weighted by molar-refractivity contribution is 7.47. The van der Waals surface area contributed by atoms with Crippen LogP contribution in [0.3, 0.4) is 0 Å². The lowest BCUT2D eigenvalue weighted by molar-refractivity contribution is -0.870. The van der Waals surface area contributed by atoms with Crippen molar-refractivity contribution in [2.45, 2.75) is 482 Å². The summed E-state index contributed by atoms with van der Waals surface area (Å²) in [6, 6.07) is -0.759. The molecule has 3 atom stereocenters. The van der Waals surface area contributed by atoms with Crippen LogP contribution in [-0.2, 0) is 18.4 Å². The van der Waals surface area contributed by atoms with Gasteiger partial charge in [0.15, 0.2) is 0 Å². The van der Waals surface area contributed by atoms with Crippen LogP contribution in [0.2, 0.25) is 0 Å². The van der Waals surface area contributed by atoms with E-state index >= 15 is 0 Å². The fourth-order valence-electron chi connectivity index (χ4n) is 13.7. The van der Waals surface area contributed by atoms with Crippen LogP contribution >= 0.6 is 7.82 Å². The minimum atomic E-state index is -4.33. The van der Waals surface area contributed by atoms with Crippen LogP contribution in [0.25, 0.3) is 0 Å². The average molecular weight is 1340 g/mol. The molecule has 8 nitrogen and oxygen atoms in total. The SMILES string of the molecule is CCCCCCCCCC/C=C\CCCCCCCCCCCCCCCCCCCCCCCCCCCCCCCC(=O)NC(COP(=O)(O)OCC[N+](C)(C)C)C(O)CCCCCCCCCCCCCCCCCCCCCCCCCCCCCCCC. The van der Waals surface area contributed by atoms with Crippen molar-refractivity contribution >= 4 is 13.7 Å². The number of aliphatic hydroxyl groups is 1. The van der Waals surface area contributed by atoms with Gasteiger partial charge in [0.05, 0.1) is 39.9 Å². The topological polar surface area (TPSA) is 105 Å². The molecule has 0 aromatic rings. The van der Waals surface area contributed by atoms with Gasteiger partial charge in [0, 0.05) is 6.42 Å². The first kappa shape index (κ1) is 92.2. The molecule has 0 aromatic heterocycles. The lowest BCUT2D eigenvalue weighted by Crippen LogP contribution is -2.46. The molecular formula is C84H170N2O6P+. The summed E-state index contributed by atoms with van der Waals surface area (Å²) in [5.74, 6) is -0.132. The van der Waals surface area contributed by atoms with Gasteiger partial charge in [0.25, 0.3) is 0 Å². The molecule has 0 aliphatic heterocycles. The van der Waals surface area contributed by atoms with Gasteiger partial charge in [-0.1, -0.05) is 437 Å².